The molecule has 3 aromatic rings. The Bertz CT molecular complexity index is 1080. The van der Waals surface area contributed by atoms with Crippen molar-refractivity contribution in [1.82, 2.24) is 8.87 Å². The zero-order valence-electron chi connectivity index (χ0n) is 15.1. The molecule has 0 aliphatic rings. The molecule has 4 nitrogen and oxygen atoms in total. The van der Waals surface area contributed by atoms with Gasteiger partial charge in [0.25, 0.3) is 0 Å². The summed E-state index contributed by atoms with van der Waals surface area (Å²) in [4.78, 5) is 0.259. The highest BCUT2D eigenvalue weighted by Crippen LogP contribution is 2.23. The van der Waals surface area contributed by atoms with Crippen LogP contribution < -0.4 is 0 Å². The van der Waals surface area contributed by atoms with E-state index in [2.05, 4.69) is 35.4 Å². The molecule has 1 heterocycles. The number of hydrogen-bond donors (Lipinski definition) is 0. The quantitative estimate of drug-likeness (QED) is 0.443. The minimum atomic E-state index is -3.62. The lowest BCUT2D eigenvalue weighted by Gasteiger charge is -2.19. The molecule has 27 heavy (non-hydrogen) atoms. The fraction of sp³-hybridized carbons (Fsp3) is 0.182. The van der Waals surface area contributed by atoms with E-state index in [1.54, 1.807) is 30.3 Å². The Morgan fingerprint density at radius 3 is 2.52 bits per heavy atom. The second-order valence-corrected chi connectivity index (χ2v) is 8.16. The second-order valence-electron chi connectivity index (χ2n) is 6.22. The fourth-order valence-corrected chi connectivity index (χ4v) is 4.56. The maximum absolute atomic E-state index is 12.9. The van der Waals surface area contributed by atoms with E-state index in [-0.39, 0.29) is 11.4 Å². The van der Waals surface area contributed by atoms with Crippen LogP contribution in [0, 0.1) is 12.3 Å². The molecule has 0 N–H and O–H groups in total. The minimum Gasteiger partial charge on any atom is -0.343 e. The lowest BCUT2D eigenvalue weighted by atomic mass is 10.1. The number of terminal acetylenes is 1. The van der Waals surface area contributed by atoms with Gasteiger partial charge in [-0.1, -0.05) is 48.4 Å². The lowest BCUT2D eigenvalue weighted by molar-refractivity contribution is 0.450. The zero-order chi connectivity index (χ0) is 19.3. The van der Waals surface area contributed by atoms with E-state index in [1.165, 1.54) is 4.31 Å². The van der Waals surface area contributed by atoms with Gasteiger partial charge in [-0.3, -0.25) is 0 Å². The molecule has 0 fully saturated rings. The van der Waals surface area contributed by atoms with Crippen LogP contribution >= 0.6 is 0 Å². The van der Waals surface area contributed by atoms with E-state index < -0.39 is 10.0 Å². The molecule has 0 saturated heterocycles. The molecule has 0 bridgehead atoms. The SMILES string of the molecule is C#CCN(CCc1cn(CC=C)c2ccccc12)S(=O)(=O)c1ccccc1. The van der Waals surface area contributed by atoms with Gasteiger partial charge >= 0.3 is 0 Å². The average Bonchev–Trinajstić information content (AvgIpc) is 3.04. The van der Waals surface area contributed by atoms with Gasteiger partial charge in [0, 0.05) is 30.2 Å². The number of benzene rings is 2. The van der Waals surface area contributed by atoms with Crippen molar-refractivity contribution in [2.24, 2.45) is 0 Å². The van der Waals surface area contributed by atoms with Crippen molar-refractivity contribution >= 4 is 20.9 Å². The molecule has 138 valence electrons. The van der Waals surface area contributed by atoms with Crippen LogP contribution in [0.4, 0.5) is 0 Å². The van der Waals surface area contributed by atoms with Crippen molar-refractivity contribution in [1.29, 1.82) is 0 Å². The van der Waals surface area contributed by atoms with Gasteiger partial charge in [0.1, 0.15) is 0 Å². The molecule has 1 aromatic heterocycles. The Hall–Kier alpha value is -2.81. The summed E-state index contributed by atoms with van der Waals surface area (Å²) in [5, 5.41) is 1.12. The molecule has 0 radical (unpaired) electrons. The molecule has 0 atom stereocenters. The van der Waals surface area contributed by atoms with E-state index in [4.69, 9.17) is 6.42 Å². The fourth-order valence-electron chi connectivity index (χ4n) is 3.18. The minimum absolute atomic E-state index is 0.0442. The Kier molecular flexibility index (Phi) is 5.80. The molecule has 0 amide bonds. The molecule has 3 rings (SSSR count). The van der Waals surface area contributed by atoms with E-state index in [1.807, 2.05) is 18.2 Å². The highest BCUT2D eigenvalue weighted by Gasteiger charge is 2.23. The second kappa shape index (κ2) is 8.26. The standard InChI is InChI=1S/C22H22N2O2S/c1-3-15-23-18-19(21-12-8-9-13-22(21)23)14-17-24(16-4-2)27(25,26)20-10-6-5-7-11-20/h2-3,5-13,18H,1,14-17H2. The summed E-state index contributed by atoms with van der Waals surface area (Å²) in [6.07, 6.45) is 9.93. The molecule has 0 spiro atoms. The van der Waals surface area contributed by atoms with Crippen molar-refractivity contribution < 1.29 is 8.42 Å². The summed E-state index contributed by atoms with van der Waals surface area (Å²) in [6, 6.07) is 16.5. The van der Waals surface area contributed by atoms with Gasteiger partial charge in [0.2, 0.25) is 10.0 Å². The van der Waals surface area contributed by atoms with Crippen LogP contribution in [0.1, 0.15) is 5.56 Å². The zero-order valence-corrected chi connectivity index (χ0v) is 15.9. The van der Waals surface area contributed by atoms with E-state index in [9.17, 15) is 8.42 Å². The largest absolute Gasteiger partial charge is 0.343 e. The molecule has 0 aliphatic heterocycles. The van der Waals surface area contributed by atoms with Gasteiger partial charge in [0.05, 0.1) is 11.4 Å². The lowest BCUT2D eigenvalue weighted by Crippen LogP contribution is -2.33. The number of para-hydroxylation sites is 1. The Balaban J connectivity index is 1.88. The monoisotopic (exact) mass is 378 g/mol. The van der Waals surface area contributed by atoms with Crippen molar-refractivity contribution in [2.45, 2.75) is 17.9 Å². The third-order valence-corrected chi connectivity index (χ3v) is 6.34. The number of fused-ring (bicyclic) bond motifs is 1. The number of sulfonamides is 1. The third kappa shape index (κ3) is 3.97. The highest BCUT2D eigenvalue weighted by molar-refractivity contribution is 7.89. The molecule has 2 aromatic carbocycles. The third-order valence-electron chi connectivity index (χ3n) is 4.48. The summed E-state index contributed by atoms with van der Waals surface area (Å²) < 4.78 is 29.3. The molecular formula is C22H22N2O2S. The van der Waals surface area contributed by atoms with Gasteiger partial charge < -0.3 is 4.57 Å². The van der Waals surface area contributed by atoms with E-state index in [0.29, 0.717) is 19.5 Å². The Morgan fingerprint density at radius 1 is 1.11 bits per heavy atom. The summed E-state index contributed by atoms with van der Waals surface area (Å²) in [7, 11) is -3.62. The summed E-state index contributed by atoms with van der Waals surface area (Å²) in [5.74, 6) is 2.47. The van der Waals surface area contributed by atoms with Gasteiger partial charge in [-0.05, 0) is 30.2 Å². The Morgan fingerprint density at radius 2 is 1.81 bits per heavy atom. The number of allylic oxidation sites excluding steroid dienone is 1. The summed E-state index contributed by atoms with van der Waals surface area (Å²) in [5.41, 5.74) is 2.21. The molecule has 0 saturated carbocycles. The summed E-state index contributed by atoms with van der Waals surface area (Å²) in [6.45, 7) is 4.88. The van der Waals surface area contributed by atoms with Crippen molar-refractivity contribution in [2.75, 3.05) is 13.1 Å². The van der Waals surface area contributed by atoms with Crippen molar-refractivity contribution in [3.05, 3.63) is 79.0 Å². The predicted octanol–water partition coefficient (Wildman–Crippen LogP) is 3.69. The summed E-state index contributed by atoms with van der Waals surface area (Å²) >= 11 is 0. The first kappa shape index (κ1) is 19.0. The van der Waals surface area contributed by atoms with Gasteiger partial charge in [-0.15, -0.1) is 13.0 Å². The van der Waals surface area contributed by atoms with Gasteiger partial charge in [0.15, 0.2) is 0 Å². The predicted molar refractivity (Wildman–Crippen MR) is 110 cm³/mol. The topological polar surface area (TPSA) is 42.3 Å². The van der Waals surface area contributed by atoms with Crippen LogP contribution in [0.25, 0.3) is 10.9 Å². The number of hydrogen-bond acceptors (Lipinski definition) is 2. The maximum atomic E-state index is 12.9. The van der Waals surface area contributed by atoms with E-state index >= 15 is 0 Å². The highest BCUT2D eigenvalue weighted by atomic mass is 32.2. The maximum Gasteiger partial charge on any atom is 0.243 e. The van der Waals surface area contributed by atoms with E-state index in [0.717, 1.165) is 16.5 Å². The van der Waals surface area contributed by atoms with Crippen molar-refractivity contribution in [3.8, 4) is 12.3 Å². The van der Waals surface area contributed by atoms with Crippen molar-refractivity contribution in [3.63, 3.8) is 0 Å². The van der Waals surface area contributed by atoms with Gasteiger partial charge in [-0.2, -0.15) is 4.31 Å². The van der Waals surface area contributed by atoms with Crippen LogP contribution in [-0.2, 0) is 23.0 Å². The number of nitrogens with zero attached hydrogens (tertiary/aromatic N) is 2. The van der Waals surface area contributed by atoms with Crippen LogP contribution in [-0.4, -0.2) is 30.4 Å². The molecule has 0 aliphatic carbocycles. The Labute approximate surface area is 160 Å². The first-order chi connectivity index (χ1) is 13.1. The van der Waals surface area contributed by atoms with Crippen LogP contribution in [0.3, 0.4) is 0 Å². The van der Waals surface area contributed by atoms with Crippen LogP contribution in [0.5, 0.6) is 0 Å². The first-order valence-electron chi connectivity index (χ1n) is 8.74. The smallest absolute Gasteiger partial charge is 0.243 e. The number of aromatic nitrogens is 1. The molecule has 0 unspecified atom stereocenters. The van der Waals surface area contributed by atoms with Crippen LogP contribution in [0.15, 0.2) is 78.3 Å². The number of rotatable bonds is 8. The average molecular weight is 378 g/mol. The first-order valence-corrected chi connectivity index (χ1v) is 10.2. The molecule has 5 heteroatoms. The van der Waals surface area contributed by atoms with Gasteiger partial charge in [-0.25, -0.2) is 8.42 Å². The normalized spacial score (nSPS) is 11.6. The van der Waals surface area contributed by atoms with Crippen LogP contribution in [0.2, 0.25) is 0 Å². The molecular weight excluding hydrogens is 356 g/mol.